The van der Waals surface area contributed by atoms with Crippen molar-refractivity contribution < 1.29 is 0 Å². The van der Waals surface area contributed by atoms with Crippen molar-refractivity contribution in [2.45, 2.75) is 11.8 Å². The van der Waals surface area contributed by atoms with Crippen LogP contribution in [-0.4, -0.2) is 22.3 Å². The summed E-state index contributed by atoms with van der Waals surface area (Å²) in [5.74, 6) is 1.71. The van der Waals surface area contributed by atoms with Gasteiger partial charge >= 0.3 is 0 Å². The first-order valence-corrected chi connectivity index (χ1v) is 6.54. The number of thioether (sulfide) groups is 1. The predicted molar refractivity (Wildman–Crippen MR) is 72.4 cm³/mol. The molecule has 0 fully saturated rings. The summed E-state index contributed by atoms with van der Waals surface area (Å²) in [5, 5.41) is 3.21. The van der Waals surface area contributed by atoms with E-state index in [1.807, 2.05) is 30.8 Å². The highest BCUT2D eigenvalue weighted by Crippen LogP contribution is 2.16. The van der Waals surface area contributed by atoms with Crippen LogP contribution < -0.4 is 5.32 Å². The molecule has 1 aromatic carbocycles. The number of anilines is 1. The van der Waals surface area contributed by atoms with Gasteiger partial charge in [0, 0.05) is 29.1 Å². The minimum absolute atomic E-state index is 0.707. The van der Waals surface area contributed by atoms with E-state index in [0.717, 1.165) is 18.0 Å². The molecule has 88 valence electrons. The SMILES string of the molecule is Cc1ccnc(NCCSc2ccccc2)n1. The van der Waals surface area contributed by atoms with Crippen LogP contribution in [-0.2, 0) is 0 Å². The molecule has 17 heavy (non-hydrogen) atoms. The number of aryl methyl sites for hydroxylation is 1. The summed E-state index contributed by atoms with van der Waals surface area (Å²) in [4.78, 5) is 9.73. The normalized spacial score (nSPS) is 10.2. The highest BCUT2D eigenvalue weighted by Gasteiger charge is 1.96. The molecule has 0 radical (unpaired) electrons. The molecule has 0 aliphatic carbocycles. The van der Waals surface area contributed by atoms with Gasteiger partial charge in [-0.2, -0.15) is 0 Å². The Hall–Kier alpha value is -1.55. The van der Waals surface area contributed by atoms with Crippen molar-refractivity contribution in [3.63, 3.8) is 0 Å². The first-order valence-electron chi connectivity index (χ1n) is 5.56. The van der Waals surface area contributed by atoms with Crippen molar-refractivity contribution >= 4 is 17.7 Å². The minimum atomic E-state index is 0.707. The number of rotatable bonds is 5. The molecular formula is C13H15N3S. The Morgan fingerprint density at radius 2 is 2.00 bits per heavy atom. The molecule has 1 heterocycles. The van der Waals surface area contributed by atoms with Crippen LogP contribution in [0.1, 0.15) is 5.69 Å². The first-order chi connectivity index (χ1) is 8.34. The molecule has 2 aromatic rings. The van der Waals surface area contributed by atoms with Gasteiger partial charge < -0.3 is 5.32 Å². The highest BCUT2D eigenvalue weighted by atomic mass is 32.2. The van der Waals surface area contributed by atoms with Gasteiger partial charge in [0.25, 0.3) is 0 Å². The molecule has 0 unspecified atom stereocenters. The lowest BCUT2D eigenvalue weighted by Crippen LogP contribution is -2.07. The van der Waals surface area contributed by atoms with Gasteiger partial charge in [0.1, 0.15) is 0 Å². The third kappa shape index (κ3) is 4.07. The maximum absolute atomic E-state index is 4.29. The Balaban J connectivity index is 1.73. The Bertz CT molecular complexity index is 459. The maximum atomic E-state index is 4.29. The molecule has 4 heteroatoms. The summed E-state index contributed by atoms with van der Waals surface area (Å²) >= 11 is 1.83. The molecule has 1 N–H and O–H groups in total. The van der Waals surface area contributed by atoms with Crippen LogP contribution >= 0.6 is 11.8 Å². The average molecular weight is 245 g/mol. The number of hydrogen-bond acceptors (Lipinski definition) is 4. The third-order valence-electron chi connectivity index (χ3n) is 2.19. The lowest BCUT2D eigenvalue weighted by atomic mass is 10.4. The van der Waals surface area contributed by atoms with Gasteiger partial charge in [-0.25, -0.2) is 9.97 Å². The third-order valence-corrected chi connectivity index (χ3v) is 3.21. The summed E-state index contributed by atoms with van der Waals surface area (Å²) < 4.78 is 0. The zero-order chi connectivity index (χ0) is 11.9. The number of nitrogens with zero attached hydrogens (tertiary/aromatic N) is 2. The molecule has 0 atom stereocenters. The van der Waals surface area contributed by atoms with Crippen LogP contribution in [0.5, 0.6) is 0 Å². The van der Waals surface area contributed by atoms with Gasteiger partial charge in [0.15, 0.2) is 0 Å². The molecule has 0 aliphatic heterocycles. The lowest BCUT2D eigenvalue weighted by Gasteiger charge is -2.04. The van der Waals surface area contributed by atoms with Gasteiger partial charge in [-0.15, -0.1) is 11.8 Å². The zero-order valence-corrected chi connectivity index (χ0v) is 10.6. The van der Waals surface area contributed by atoms with Crippen molar-refractivity contribution in [1.29, 1.82) is 0 Å². The summed E-state index contributed by atoms with van der Waals surface area (Å²) in [6.07, 6.45) is 1.77. The van der Waals surface area contributed by atoms with E-state index < -0.39 is 0 Å². The second kappa shape index (κ2) is 6.25. The van der Waals surface area contributed by atoms with E-state index in [9.17, 15) is 0 Å². The Morgan fingerprint density at radius 1 is 1.18 bits per heavy atom. The van der Waals surface area contributed by atoms with Crippen molar-refractivity contribution in [2.75, 3.05) is 17.6 Å². The molecule has 1 aromatic heterocycles. The number of aromatic nitrogens is 2. The monoisotopic (exact) mass is 245 g/mol. The zero-order valence-electron chi connectivity index (χ0n) is 9.76. The van der Waals surface area contributed by atoms with Crippen molar-refractivity contribution in [3.05, 3.63) is 48.3 Å². The Labute approximate surface area is 106 Å². The topological polar surface area (TPSA) is 37.8 Å². The van der Waals surface area contributed by atoms with Gasteiger partial charge in [-0.1, -0.05) is 18.2 Å². The van der Waals surface area contributed by atoms with Gasteiger partial charge in [0.05, 0.1) is 0 Å². The minimum Gasteiger partial charge on any atom is -0.353 e. The van der Waals surface area contributed by atoms with Crippen LogP contribution in [0.2, 0.25) is 0 Å². The van der Waals surface area contributed by atoms with E-state index >= 15 is 0 Å². The molecule has 0 amide bonds. The quantitative estimate of drug-likeness (QED) is 0.649. The van der Waals surface area contributed by atoms with Crippen LogP contribution in [0, 0.1) is 6.92 Å². The fraction of sp³-hybridized carbons (Fsp3) is 0.231. The van der Waals surface area contributed by atoms with Crippen LogP contribution in [0.15, 0.2) is 47.5 Å². The van der Waals surface area contributed by atoms with Gasteiger partial charge in [0.2, 0.25) is 5.95 Å². The smallest absolute Gasteiger partial charge is 0.222 e. The maximum Gasteiger partial charge on any atom is 0.222 e. The molecular weight excluding hydrogens is 230 g/mol. The highest BCUT2D eigenvalue weighted by molar-refractivity contribution is 7.99. The van der Waals surface area contributed by atoms with E-state index in [0.29, 0.717) is 5.95 Å². The molecule has 0 bridgehead atoms. The largest absolute Gasteiger partial charge is 0.353 e. The van der Waals surface area contributed by atoms with Crippen LogP contribution in [0.4, 0.5) is 5.95 Å². The predicted octanol–water partition coefficient (Wildman–Crippen LogP) is 2.99. The number of benzene rings is 1. The first kappa shape index (κ1) is 11.9. The molecule has 0 saturated carbocycles. The number of hydrogen-bond donors (Lipinski definition) is 1. The van der Waals surface area contributed by atoms with Gasteiger partial charge in [-0.05, 0) is 25.1 Å². The molecule has 2 rings (SSSR count). The van der Waals surface area contributed by atoms with E-state index in [1.165, 1.54) is 4.90 Å². The fourth-order valence-electron chi connectivity index (χ4n) is 1.38. The van der Waals surface area contributed by atoms with E-state index in [-0.39, 0.29) is 0 Å². The second-order valence-electron chi connectivity index (χ2n) is 3.61. The van der Waals surface area contributed by atoms with E-state index in [2.05, 4.69) is 39.6 Å². The van der Waals surface area contributed by atoms with Crippen LogP contribution in [0.25, 0.3) is 0 Å². The summed E-state index contributed by atoms with van der Waals surface area (Å²) in [5.41, 5.74) is 0.984. The summed E-state index contributed by atoms with van der Waals surface area (Å²) in [6, 6.07) is 12.3. The fourth-order valence-corrected chi connectivity index (χ4v) is 2.17. The van der Waals surface area contributed by atoms with Crippen molar-refractivity contribution in [1.82, 2.24) is 9.97 Å². The Morgan fingerprint density at radius 3 is 2.76 bits per heavy atom. The van der Waals surface area contributed by atoms with E-state index in [1.54, 1.807) is 6.20 Å². The standard InChI is InChI=1S/C13H15N3S/c1-11-7-8-14-13(16-11)15-9-10-17-12-5-3-2-4-6-12/h2-8H,9-10H2,1H3,(H,14,15,16). The average Bonchev–Trinajstić information content (AvgIpc) is 2.36. The molecule has 0 spiro atoms. The summed E-state index contributed by atoms with van der Waals surface area (Å²) in [6.45, 7) is 2.83. The second-order valence-corrected chi connectivity index (χ2v) is 4.78. The lowest BCUT2D eigenvalue weighted by molar-refractivity contribution is 1.06. The van der Waals surface area contributed by atoms with Crippen molar-refractivity contribution in [2.24, 2.45) is 0 Å². The molecule has 3 nitrogen and oxygen atoms in total. The van der Waals surface area contributed by atoms with Crippen LogP contribution in [0.3, 0.4) is 0 Å². The number of nitrogens with one attached hydrogen (secondary N) is 1. The van der Waals surface area contributed by atoms with Gasteiger partial charge in [-0.3, -0.25) is 0 Å². The Kier molecular flexibility index (Phi) is 4.38. The van der Waals surface area contributed by atoms with Crippen molar-refractivity contribution in [3.8, 4) is 0 Å². The molecule has 0 saturated heterocycles. The van der Waals surface area contributed by atoms with E-state index in [4.69, 9.17) is 0 Å². The molecule has 0 aliphatic rings. The summed E-state index contributed by atoms with van der Waals surface area (Å²) in [7, 11) is 0.